The molecule has 2 aromatic rings. The van der Waals surface area contributed by atoms with Gasteiger partial charge in [-0.15, -0.1) is 0 Å². The van der Waals surface area contributed by atoms with E-state index >= 15 is 0 Å². The summed E-state index contributed by atoms with van der Waals surface area (Å²) in [6, 6.07) is 10.7. The van der Waals surface area contributed by atoms with Crippen molar-refractivity contribution in [3.63, 3.8) is 0 Å². The van der Waals surface area contributed by atoms with E-state index in [2.05, 4.69) is 27.6 Å². The van der Waals surface area contributed by atoms with Crippen LogP contribution in [-0.2, 0) is 4.79 Å². The van der Waals surface area contributed by atoms with Gasteiger partial charge in [0.15, 0.2) is 0 Å². The Bertz CT molecular complexity index is 908. The van der Waals surface area contributed by atoms with Gasteiger partial charge in [0, 0.05) is 36.0 Å². The number of nitrogens with zero attached hydrogens (tertiary/aromatic N) is 3. The monoisotopic (exact) mass is 427 g/mol. The quantitative estimate of drug-likeness (QED) is 0.783. The molecule has 2 N–H and O–H groups in total. The van der Waals surface area contributed by atoms with Crippen LogP contribution in [0.25, 0.3) is 0 Å². The summed E-state index contributed by atoms with van der Waals surface area (Å²) in [4.78, 5) is 34.3. The number of nitrogens with one attached hydrogen (secondary N) is 2. The summed E-state index contributed by atoms with van der Waals surface area (Å²) in [5.41, 5.74) is 0.890. The Morgan fingerprint density at radius 2 is 1.83 bits per heavy atom. The third-order valence-electron chi connectivity index (χ3n) is 6.34. The highest BCUT2D eigenvalue weighted by Gasteiger charge is 2.52. The zero-order valence-electron chi connectivity index (χ0n) is 17.0. The van der Waals surface area contributed by atoms with Gasteiger partial charge in [0.2, 0.25) is 5.91 Å². The highest BCUT2D eigenvalue weighted by Crippen LogP contribution is 2.44. The molecule has 0 radical (unpaired) electrons. The third-order valence-corrected chi connectivity index (χ3v) is 6.59. The lowest BCUT2D eigenvalue weighted by Gasteiger charge is -2.34. The number of amides is 3. The number of pyridine rings is 1. The number of anilines is 2. The Hall–Kier alpha value is -2.64. The maximum atomic E-state index is 13.4. The number of hydrogen-bond donors (Lipinski definition) is 2. The van der Waals surface area contributed by atoms with Gasteiger partial charge in [0.25, 0.3) is 0 Å². The van der Waals surface area contributed by atoms with Gasteiger partial charge in [0.05, 0.1) is 17.3 Å². The van der Waals surface area contributed by atoms with Gasteiger partial charge >= 0.3 is 6.03 Å². The van der Waals surface area contributed by atoms with Gasteiger partial charge in [-0.1, -0.05) is 11.6 Å². The Labute approximate surface area is 181 Å². The summed E-state index contributed by atoms with van der Waals surface area (Å²) in [6.07, 6.45) is 5.51. The first kappa shape index (κ1) is 20.6. The van der Waals surface area contributed by atoms with E-state index in [1.165, 1.54) is 0 Å². The third kappa shape index (κ3) is 4.13. The molecule has 2 saturated heterocycles. The molecule has 2 atom stereocenters. The first-order valence-electron chi connectivity index (χ1n) is 10.2. The summed E-state index contributed by atoms with van der Waals surface area (Å²) in [7, 11) is 2.06. The summed E-state index contributed by atoms with van der Waals surface area (Å²) < 4.78 is 0. The molecule has 2 aliphatic heterocycles. The van der Waals surface area contributed by atoms with Crippen molar-refractivity contribution in [1.82, 2.24) is 14.8 Å². The Morgan fingerprint density at radius 1 is 1.07 bits per heavy atom. The molecule has 7 nitrogen and oxygen atoms in total. The van der Waals surface area contributed by atoms with Crippen molar-refractivity contribution in [2.24, 2.45) is 5.41 Å². The summed E-state index contributed by atoms with van der Waals surface area (Å²) in [5, 5.41) is 6.61. The fourth-order valence-electron chi connectivity index (χ4n) is 4.64. The van der Waals surface area contributed by atoms with Crippen LogP contribution in [0, 0.1) is 5.41 Å². The van der Waals surface area contributed by atoms with E-state index in [-0.39, 0.29) is 18.0 Å². The largest absolute Gasteiger partial charge is 0.324 e. The minimum atomic E-state index is -0.514. The average Bonchev–Trinajstić information content (AvgIpc) is 2.94. The molecular formula is C22H26ClN5O2. The number of carbonyl (C=O) groups excluding carboxylic acids is 2. The Morgan fingerprint density at radius 3 is 2.57 bits per heavy atom. The second-order valence-electron chi connectivity index (χ2n) is 8.06. The first-order chi connectivity index (χ1) is 14.5. The van der Waals surface area contributed by atoms with E-state index in [1.54, 1.807) is 41.6 Å². The van der Waals surface area contributed by atoms with Gasteiger partial charge in [0.1, 0.15) is 0 Å². The minimum Gasteiger partial charge on any atom is -0.324 e. The first-order valence-corrected chi connectivity index (χ1v) is 10.6. The fraction of sp³-hybridized carbons (Fsp3) is 0.409. The van der Waals surface area contributed by atoms with Crippen LogP contribution in [0.3, 0.4) is 0 Å². The van der Waals surface area contributed by atoms with Gasteiger partial charge in [-0.2, -0.15) is 0 Å². The highest BCUT2D eigenvalue weighted by molar-refractivity contribution is 6.30. The van der Waals surface area contributed by atoms with Crippen LogP contribution in [-0.4, -0.2) is 59.4 Å². The lowest BCUT2D eigenvalue weighted by molar-refractivity contribution is -0.127. The standard InChI is InChI=1S/C22H26ClN5O2/c1-27-13-9-22(20(29)25-18-3-2-11-24-15-18)10-14-28(12-8-19(22)27)21(30)26-17-6-4-16(23)5-7-17/h2-7,11,15,19H,8-10,12-14H2,1H3,(H,25,29)(H,26,30)/t19-,22-/m1/s1. The van der Waals surface area contributed by atoms with Crippen molar-refractivity contribution < 1.29 is 9.59 Å². The number of hydrogen-bond acceptors (Lipinski definition) is 4. The summed E-state index contributed by atoms with van der Waals surface area (Å²) in [6.45, 7) is 2.02. The number of aromatic nitrogens is 1. The Balaban J connectivity index is 1.48. The van der Waals surface area contributed by atoms with Crippen LogP contribution in [0.5, 0.6) is 0 Å². The van der Waals surface area contributed by atoms with Crippen LogP contribution in [0.4, 0.5) is 16.2 Å². The Kier molecular flexibility index (Phi) is 5.92. The maximum Gasteiger partial charge on any atom is 0.321 e. The van der Waals surface area contributed by atoms with E-state index < -0.39 is 5.41 Å². The van der Waals surface area contributed by atoms with Crippen LogP contribution in [0.1, 0.15) is 19.3 Å². The van der Waals surface area contributed by atoms with Crippen molar-refractivity contribution in [2.45, 2.75) is 25.3 Å². The summed E-state index contributed by atoms with van der Waals surface area (Å²) in [5.74, 6) is 0.0183. The van der Waals surface area contributed by atoms with Gasteiger partial charge < -0.3 is 20.4 Å². The van der Waals surface area contributed by atoms with Crippen LogP contribution in [0.15, 0.2) is 48.8 Å². The molecule has 0 bridgehead atoms. The van der Waals surface area contributed by atoms with Gasteiger partial charge in [-0.25, -0.2) is 4.79 Å². The number of carbonyl (C=O) groups is 2. The van der Waals surface area contributed by atoms with E-state index in [9.17, 15) is 9.59 Å². The molecule has 2 fully saturated rings. The van der Waals surface area contributed by atoms with Crippen molar-refractivity contribution >= 4 is 34.9 Å². The molecule has 8 heteroatoms. The van der Waals surface area contributed by atoms with E-state index in [0.717, 1.165) is 19.4 Å². The second kappa shape index (κ2) is 8.62. The molecule has 0 aliphatic carbocycles. The van der Waals surface area contributed by atoms with Crippen LogP contribution < -0.4 is 10.6 Å². The molecule has 158 valence electrons. The zero-order chi connectivity index (χ0) is 21.1. The van der Waals surface area contributed by atoms with Crippen molar-refractivity contribution in [3.05, 3.63) is 53.8 Å². The molecule has 0 spiro atoms. The molecule has 2 aliphatic rings. The normalized spacial score (nSPS) is 24.1. The molecule has 3 amide bonds. The van der Waals surface area contributed by atoms with Gasteiger partial charge in [-0.05, 0) is 69.3 Å². The zero-order valence-corrected chi connectivity index (χ0v) is 17.7. The van der Waals surface area contributed by atoms with Crippen LogP contribution >= 0.6 is 11.6 Å². The van der Waals surface area contributed by atoms with E-state index in [1.807, 2.05) is 12.1 Å². The lowest BCUT2D eigenvalue weighted by Crippen LogP contribution is -2.46. The molecule has 3 heterocycles. The predicted molar refractivity (Wildman–Crippen MR) is 118 cm³/mol. The molecular weight excluding hydrogens is 402 g/mol. The molecule has 1 aromatic heterocycles. The number of urea groups is 1. The second-order valence-corrected chi connectivity index (χ2v) is 8.50. The van der Waals surface area contributed by atoms with E-state index in [0.29, 0.717) is 35.9 Å². The SMILES string of the molecule is CN1CC[C@@]2(C(=O)Nc3cccnc3)CCN(C(=O)Nc3ccc(Cl)cc3)CC[C@@H]12. The topological polar surface area (TPSA) is 77.6 Å². The predicted octanol–water partition coefficient (Wildman–Crippen LogP) is 3.69. The highest BCUT2D eigenvalue weighted by atomic mass is 35.5. The number of rotatable bonds is 3. The molecule has 0 unspecified atom stereocenters. The number of likely N-dealkylation sites (tertiary alicyclic amines) is 2. The van der Waals surface area contributed by atoms with Crippen LogP contribution in [0.2, 0.25) is 5.02 Å². The van der Waals surface area contributed by atoms with Crippen molar-refractivity contribution in [3.8, 4) is 0 Å². The van der Waals surface area contributed by atoms with Crippen molar-refractivity contribution in [1.29, 1.82) is 0 Å². The van der Waals surface area contributed by atoms with E-state index in [4.69, 9.17) is 11.6 Å². The lowest BCUT2D eigenvalue weighted by atomic mass is 9.75. The average molecular weight is 428 g/mol. The van der Waals surface area contributed by atoms with Crippen molar-refractivity contribution in [2.75, 3.05) is 37.3 Å². The smallest absolute Gasteiger partial charge is 0.321 e. The molecule has 30 heavy (non-hydrogen) atoms. The molecule has 1 aromatic carbocycles. The number of benzene rings is 1. The fourth-order valence-corrected chi connectivity index (χ4v) is 4.77. The maximum absolute atomic E-state index is 13.4. The number of fused-ring (bicyclic) bond motifs is 1. The summed E-state index contributed by atoms with van der Waals surface area (Å²) >= 11 is 5.92. The number of halogens is 1. The minimum absolute atomic E-state index is 0.0183. The molecule has 0 saturated carbocycles. The van der Waals surface area contributed by atoms with Gasteiger partial charge in [-0.3, -0.25) is 9.78 Å². The molecule has 4 rings (SSSR count).